The average molecular weight is 419 g/mol. The van der Waals surface area contributed by atoms with E-state index >= 15 is 0 Å². The second kappa shape index (κ2) is 10.4. The summed E-state index contributed by atoms with van der Waals surface area (Å²) in [5, 5.41) is 12.3. The van der Waals surface area contributed by atoms with E-state index in [2.05, 4.69) is 68.0 Å². The Morgan fingerprint density at radius 3 is 2.57 bits per heavy atom. The van der Waals surface area contributed by atoms with Gasteiger partial charge in [-0.3, -0.25) is 4.90 Å². The number of hydrogen-bond donors (Lipinski definition) is 1. The highest BCUT2D eigenvalue weighted by atomic mass is 16.5. The maximum absolute atomic E-state index is 5.98. The molecule has 0 aromatic carbocycles. The second-order valence-electron chi connectivity index (χ2n) is 10.5. The number of hydrogen-bond acceptors (Lipinski definition) is 6. The van der Waals surface area contributed by atoms with E-state index in [1.54, 1.807) is 0 Å². The Labute approximate surface area is 182 Å². The zero-order valence-electron chi connectivity index (χ0n) is 19.9. The molecule has 1 fully saturated rings. The molecule has 1 aliphatic carbocycles. The predicted octanol–water partition coefficient (Wildman–Crippen LogP) is 3.69. The van der Waals surface area contributed by atoms with Gasteiger partial charge in [-0.1, -0.05) is 46.3 Å². The van der Waals surface area contributed by atoms with Crippen LogP contribution in [-0.4, -0.2) is 61.0 Å². The smallest absolute Gasteiger partial charge is 0.221 e. The van der Waals surface area contributed by atoms with E-state index in [9.17, 15) is 0 Å². The maximum Gasteiger partial charge on any atom is 0.221 e. The second-order valence-corrected chi connectivity index (χ2v) is 10.5. The molecule has 1 aliphatic heterocycles. The van der Waals surface area contributed by atoms with Gasteiger partial charge in [-0.25, -0.2) is 0 Å². The Bertz CT molecular complexity index is 686. The van der Waals surface area contributed by atoms with E-state index in [0.717, 1.165) is 64.1 Å². The first kappa shape index (κ1) is 23.4. The van der Waals surface area contributed by atoms with Crippen LogP contribution < -0.4 is 5.32 Å². The summed E-state index contributed by atoms with van der Waals surface area (Å²) in [7, 11) is 0. The van der Waals surface area contributed by atoms with Gasteiger partial charge < -0.3 is 14.5 Å². The molecule has 1 aromatic rings. The van der Waals surface area contributed by atoms with E-state index in [1.165, 1.54) is 12.0 Å². The van der Waals surface area contributed by atoms with Crippen molar-refractivity contribution in [3.8, 4) is 0 Å². The Balaban J connectivity index is 1.55. The first-order valence-corrected chi connectivity index (χ1v) is 11.8. The Morgan fingerprint density at radius 1 is 1.20 bits per heavy atom. The standard InChI is InChI=1S/C24H42N4O2/c1-17(2)21-14-19(15-22-26-27-23(30-22)24(4,5)6)18(3)13-20(21)16-25-7-8-28-9-11-29-12-10-28/h13,17,19-21,25H,7-12,14-16H2,1-6H3. The molecule has 2 aliphatic rings. The summed E-state index contributed by atoms with van der Waals surface area (Å²) < 4.78 is 11.4. The molecule has 1 N–H and O–H groups in total. The summed E-state index contributed by atoms with van der Waals surface area (Å²) in [5.74, 6) is 3.95. The van der Waals surface area contributed by atoms with Gasteiger partial charge in [-0.05, 0) is 37.0 Å². The van der Waals surface area contributed by atoms with Crippen LogP contribution in [0.2, 0.25) is 0 Å². The lowest BCUT2D eigenvalue weighted by molar-refractivity contribution is 0.0382. The summed E-state index contributed by atoms with van der Waals surface area (Å²) in [6.07, 6.45) is 4.57. The summed E-state index contributed by atoms with van der Waals surface area (Å²) in [6.45, 7) is 20.4. The van der Waals surface area contributed by atoms with Gasteiger partial charge in [-0.2, -0.15) is 0 Å². The van der Waals surface area contributed by atoms with Crippen molar-refractivity contribution in [2.75, 3.05) is 45.9 Å². The molecular weight excluding hydrogens is 376 g/mol. The van der Waals surface area contributed by atoms with Crippen LogP contribution in [0.4, 0.5) is 0 Å². The molecule has 6 nitrogen and oxygen atoms in total. The first-order valence-electron chi connectivity index (χ1n) is 11.8. The van der Waals surface area contributed by atoms with E-state index < -0.39 is 0 Å². The van der Waals surface area contributed by atoms with E-state index in [1.807, 2.05) is 0 Å². The first-order chi connectivity index (χ1) is 14.2. The molecule has 0 saturated carbocycles. The Kier molecular flexibility index (Phi) is 8.11. The van der Waals surface area contributed by atoms with Gasteiger partial charge in [0.25, 0.3) is 0 Å². The van der Waals surface area contributed by atoms with Gasteiger partial charge in [0.2, 0.25) is 11.8 Å². The lowest BCUT2D eigenvalue weighted by Crippen LogP contribution is -2.42. The Morgan fingerprint density at radius 2 is 1.93 bits per heavy atom. The molecule has 0 bridgehead atoms. The summed E-state index contributed by atoms with van der Waals surface area (Å²) in [6, 6.07) is 0. The molecule has 0 spiro atoms. The fraction of sp³-hybridized carbons (Fsp3) is 0.833. The van der Waals surface area contributed by atoms with Gasteiger partial charge in [0, 0.05) is 44.6 Å². The third-order valence-corrected chi connectivity index (χ3v) is 6.70. The minimum atomic E-state index is -0.0961. The van der Waals surface area contributed by atoms with Crippen molar-refractivity contribution in [1.29, 1.82) is 0 Å². The lowest BCUT2D eigenvalue weighted by atomic mass is 9.70. The van der Waals surface area contributed by atoms with Crippen molar-refractivity contribution in [2.24, 2.45) is 23.7 Å². The SMILES string of the molecule is CC1=CC(CNCCN2CCOCC2)C(C(C)C)CC1Cc1nnc(C(C)(C)C)o1. The summed E-state index contributed by atoms with van der Waals surface area (Å²) >= 11 is 0. The quantitative estimate of drug-likeness (QED) is 0.513. The number of aromatic nitrogens is 2. The highest BCUT2D eigenvalue weighted by Crippen LogP contribution is 2.38. The zero-order chi connectivity index (χ0) is 21.7. The van der Waals surface area contributed by atoms with Crippen molar-refractivity contribution in [2.45, 2.75) is 59.8 Å². The van der Waals surface area contributed by atoms with Gasteiger partial charge in [0.15, 0.2) is 0 Å². The van der Waals surface area contributed by atoms with Crippen molar-refractivity contribution >= 4 is 0 Å². The van der Waals surface area contributed by atoms with Gasteiger partial charge in [-0.15, -0.1) is 10.2 Å². The number of nitrogens with one attached hydrogen (secondary N) is 1. The monoisotopic (exact) mass is 418 g/mol. The number of morpholine rings is 1. The normalized spacial score (nSPS) is 26.2. The number of nitrogens with zero attached hydrogens (tertiary/aromatic N) is 3. The molecule has 3 unspecified atom stereocenters. The van der Waals surface area contributed by atoms with Gasteiger partial charge in [0.1, 0.15) is 0 Å². The molecule has 2 heterocycles. The number of ether oxygens (including phenoxy) is 1. The maximum atomic E-state index is 5.98. The molecule has 3 atom stereocenters. The zero-order valence-corrected chi connectivity index (χ0v) is 19.9. The van der Waals surface area contributed by atoms with Crippen LogP contribution >= 0.6 is 0 Å². The molecule has 1 aromatic heterocycles. The van der Waals surface area contributed by atoms with E-state index in [4.69, 9.17) is 9.15 Å². The van der Waals surface area contributed by atoms with Gasteiger partial charge >= 0.3 is 0 Å². The van der Waals surface area contributed by atoms with E-state index in [0.29, 0.717) is 23.7 Å². The third kappa shape index (κ3) is 6.38. The lowest BCUT2D eigenvalue weighted by Gasteiger charge is -2.37. The highest BCUT2D eigenvalue weighted by Gasteiger charge is 2.32. The fourth-order valence-corrected chi connectivity index (χ4v) is 4.69. The summed E-state index contributed by atoms with van der Waals surface area (Å²) in [4.78, 5) is 2.49. The molecule has 0 radical (unpaired) electrons. The van der Waals surface area contributed by atoms with E-state index in [-0.39, 0.29) is 5.41 Å². The number of rotatable bonds is 8. The molecular formula is C24H42N4O2. The molecule has 6 heteroatoms. The predicted molar refractivity (Wildman–Crippen MR) is 121 cm³/mol. The van der Waals surface area contributed by atoms with Crippen molar-refractivity contribution < 1.29 is 9.15 Å². The van der Waals surface area contributed by atoms with Crippen LogP contribution in [0.15, 0.2) is 16.1 Å². The minimum Gasteiger partial charge on any atom is -0.425 e. The molecule has 3 rings (SSSR count). The van der Waals surface area contributed by atoms with Crippen molar-refractivity contribution in [3.63, 3.8) is 0 Å². The Hall–Kier alpha value is -1.24. The van der Waals surface area contributed by atoms with Gasteiger partial charge in [0.05, 0.1) is 13.2 Å². The fourth-order valence-electron chi connectivity index (χ4n) is 4.69. The third-order valence-electron chi connectivity index (χ3n) is 6.70. The molecule has 1 saturated heterocycles. The molecule has 170 valence electrons. The van der Waals surface area contributed by atoms with Crippen molar-refractivity contribution in [3.05, 3.63) is 23.4 Å². The molecule has 0 amide bonds. The highest BCUT2D eigenvalue weighted by molar-refractivity contribution is 5.14. The van der Waals surface area contributed by atoms with Crippen LogP contribution in [0.25, 0.3) is 0 Å². The van der Waals surface area contributed by atoms with Crippen LogP contribution in [0.5, 0.6) is 0 Å². The average Bonchev–Trinajstić information content (AvgIpc) is 3.17. The molecule has 30 heavy (non-hydrogen) atoms. The van der Waals surface area contributed by atoms with Crippen LogP contribution in [0.1, 0.15) is 59.7 Å². The number of allylic oxidation sites excluding steroid dienone is 1. The summed E-state index contributed by atoms with van der Waals surface area (Å²) in [5.41, 5.74) is 1.38. The minimum absolute atomic E-state index is 0.0961. The van der Waals surface area contributed by atoms with Crippen LogP contribution in [0, 0.1) is 23.7 Å². The van der Waals surface area contributed by atoms with Crippen LogP contribution in [-0.2, 0) is 16.6 Å². The van der Waals surface area contributed by atoms with Crippen LogP contribution in [0.3, 0.4) is 0 Å². The largest absolute Gasteiger partial charge is 0.425 e. The van der Waals surface area contributed by atoms with Crippen molar-refractivity contribution in [1.82, 2.24) is 20.4 Å². The topological polar surface area (TPSA) is 63.4 Å².